The standard InChI is InChI=1S/C13H24O3/c1-5-6-7-11(4)8-9-12(14)16-13(15)10(2)3/h11-12,14H,2,5-9H2,1,3-4H3. The molecule has 0 aliphatic carbocycles. The molecule has 0 aromatic heterocycles. The average Bonchev–Trinajstić information content (AvgIpc) is 2.23. The van der Waals surface area contributed by atoms with Crippen LogP contribution in [0.1, 0.15) is 52.9 Å². The zero-order valence-electron chi connectivity index (χ0n) is 10.7. The molecule has 0 rings (SSSR count). The third kappa shape index (κ3) is 7.46. The number of carbonyl (C=O) groups is 1. The van der Waals surface area contributed by atoms with Gasteiger partial charge in [0.25, 0.3) is 0 Å². The number of ether oxygens (including phenoxy) is 1. The molecule has 0 radical (unpaired) electrons. The highest BCUT2D eigenvalue weighted by Gasteiger charge is 2.12. The van der Waals surface area contributed by atoms with Gasteiger partial charge in [-0.2, -0.15) is 0 Å². The molecule has 1 N–H and O–H groups in total. The van der Waals surface area contributed by atoms with Crippen LogP contribution in [0.15, 0.2) is 12.2 Å². The van der Waals surface area contributed by atoms with Gasteiger partial charge in [-0.1, -0.05) is 39.7 Å². The van der Waals surface area contributed by atoms with Crippen LogP contribution in [0.5, 0.6) is 0 Å². The first-order chi connectivity index (χ1) is 7.47. The number of carbonyl (C=O) groups excluding carboxylic acids is 1. The van der Waals surface area contributed by atoms with Gasteiger partial charge in [-0.15, -0.1) is 0 Å². The number of hydrogen-bond donors (Lipinski definition) is 1. The van der Waals surface area contributed by atoms with Gasteiger partial charge >= 0.3 is 5.97 Å². The van der Waals surface area contributed by atoms with Gasteiger partial charge in [0.05, 0.1) is 0 Å². The fraction of sp³-hybridized carbons (Fsp3) is 0.769. The summed E-state index contributed by atoms with van der Waals surface area (Å²) in [6, 6.07) is 0. The molecule has 0 heterocycles. The van der Waals surface area contributed by atoms with Crippen molar-refractivity contribution >= 4 is 5.97 Å². The Balaban J connectivity index is 3.68. The van der Waals surface area contributed by atoms with Crippen molar-refractivity contribution < 1.29 is 14.6 Å². The van der Waals surface area contributed by atoms with Crippen LogP contribution in [0.4, 0.5) is 0 Å². The van der Waals surface area contributed by atoms with E-state index >= 15 is 0 Å². The predicted molar refractivity (Wildman–Crippen MR) is 64.8 cm³/mol. The van der Waals surface area contributed by atoms with Crippen molar-refractivity contribution in [1.29, 1.82) is 0 Å². The second-order valence-corrected chi connectivity index (χ2v) is 4.47. The summed E-state index contributed by atoms with van der Waals surface area (Å²) in [5, 5.41) is 9.46. The van der Waals surface area contributed by atoms with E-state index in [1.807, 2.05) is 0 Å². The first-order valence-corrected chi connectivity index (χ1v) is 6.01. The van der Waals surface area contributed by atoms with Crippen LogP contribution in [0.25, 0.3) is 0 Å². The highest BCUT2D eigenvalue weighted by molar-refractivity contribution is 5.86. The second kappa shape index (κ2) is 8.34. The van der Waals surface area contributed by atoms with Crippen LogP contribution in [0.3, 0.4) is 0 Å². The van der Waals surface area contributed by atoms with E-state index in [0.29, 0.717) is 17.9 Å². The summed E-state index contributed by atoms with van der Waals surface area (Å²) in [4.78, 5) is 11.1. The van der Waals surface area contributed by atoms with Crippen molar-refractivity contribution in [2.75, 3.05) is 0 Å². The minimum Gasteiger partial charge on any atom is -0.433 e. The maximum Gasteiger partial charge on any atom is 0.335 e. The zero-order chi connectivity index (χ0) is 12.6. The normalized spacial score (nSPS) is 14.2. The predicted octanol–water partition coefficient (Wildman–Crippen LogP) is 3.03. The number of aliphatic hydroxyl groups excluding tert-OH is 1. The fourth-order valence-electron chi connectivity index (χ4n) is 1.41. The lowest BCUT2D eigenvalue weighted by Gasteiger charge is -2.15. The summed E-state index contributed by atoms with van der Waals surface area (Å²) in [6.07, 6.45) is 3.96. The van der Waals surface area contributed by atoms with Crippen LogP contribution >= 0.6 is 0 Å². The molecule has 0 aromatic rings. The SMILES string of the molecule is C=C(C)C(=O)OC(O)CCC(C)CCCC. The first-order valence-electron chi connectivity index (χ1n) is 6.01. The Morgan fingerprint density at radius 3 is 2.50 bits per heavy atom. The summed E-state index contributed by atoms with van der Waals surface area (Å²) >= 11 is 0. The summed E-state index contributed by atoms with van der Waals surface area (Å²) in [7, 11) is 0. The lowest BCUT2D eigenvalue weighted by molar-refractivity contribution is -0.164. The molecule has 16 heavy (non-hydrogen) atoms. The van der Waals surface area contributed by atoms with E-state index in [4.69, 9.17) is 4.74 Å². The zero-order valence-corrected chi connectivity index (χ0v) is 10.7. The molecule has 0 aliphatic rings. The fourth-order valence-corrected chi connectivity index (χ4v) is 1.41. The molecule has 3 nitrogen and oxygen atoms in total. The molecule has 0 spiro atoms. The number of hydrogen-bond acceptors (Lipinski definition) is 3. The summed E-state index contributed by atoms with van der Waals surface area (Å²) in [6.45, 7) is 9.35. The van der Waals surface area contributed by atoms with Crippen molar-refractivity contribution in [2.24, 2.45) is 5.92 Å². The van der Waals surface area contributed by atoms with E-state index < -0.39 is 12.3 Å². The second-order valence-electron chi connectivity index (χ2n) is 4.47. The molecule has 2 unspecified atom stereocenters. The highest BCUT2D eigenvalue weighted by atomic mass is 16.6. The van der Waals surface area contributed by atoms with E-state index in [1.165, 1.54) is 12.8 Å². The van der Waals surface area contributed by atoms with Crippen molar-refractivity contribution in [3.63, 3.8) is 0 Å². The molecular formula is C13H24O3. The smallest absolute Gasteiger partial charge is 0.335 e. The largest absolute Gasteiger partial charge is 0.433 e. The maximum absolute atomic E-state index is 11.1. The molecule has 94 valence electrons. The van der Waals surface area contributed by atoms with Gasteiger partial charge in [-0.3, -0.25) is 0 Å². The van der Waals surface area contributed by atoms with Crippen LogP contribution in [-0.4, -0.2) is 17.4 Å². The topological polar surface area (TPSA) is 46.5 Å². The first kappa shape index (κ1) is 15.2. The Hall–Kier alpha value is -0.830. The maximum atomic E-state index is 11.1. The monoisotopic (exact) mass is 228 g/mol. The molecular weight excluding hydrogens is 204 g/mol. The Morgan fingerprint density at radius 2 is 2.00 bits per heavy atom. The molecule has 0 saturated carbocycles. The van der Waals surface area contributed by atoms with E-state index in [9.17, 15) is 9.90 Å². The van der Waals surface area contributed by atoms with E-state index in [-0.39, 0.29) is 0 Å². The number of unbranched alkanes of at least 4 members (excludes halogenated alkanes) is 1. The van der Waals surface area contributed by atoms with Crippen molar-refractivity contribution in [3.8, 4) is 0 Å². The molecule has 0 aliphatic heterocycles. The molecule has 0 fully saturated rings. The molecule has 0 amide bonds. The van der Waals surface area contributed by atoms with E-state index in [1.54, 1.807) is 6.92 Å². The molecule has 2 atom stereocenters. The Bertz CT molecular complexity index is 223. The van der Waals surface area contributed by atoms with Gasteiger partial charge < -0.3 is 9.84 Å². The van der Waals surface area contributed by atoms with Gasteiger partial charge in [-0.05, 0) is 19.3 Å². The van der Waals surface area contributed by atoms with Crippen LogP contribution in [0.2, 0.25) is 0 Å². The van der Waals surface area contributed by atoms with Gasteiger partial charge in [0.1, 0.15) is 0 Å². The Kier molecular flexibility index (Phi) is 7.90. The Labute approximate surface area is 98.5 Å². The lowest BCUT2D eigenvalue weighted by atomic mass is 9.99. The third-order valence-electron chi connectivity index (χ3n) is 2.55. The van der Waals surface area contributed by atoms with Gasteiger partial charge in [0.2, 0.25) is 6.29 Å². The van der Waals surface area contributed by atoms with Gasteiger partial charge in [0.15, 0.2) is 0 Å². The van der Waals surface area contributed by atoms with Gasteiger partial charge in [0, 0.05) is 12.0 Å². The van der Waals surface area contributed by atoms with Crippen LogP contribution in [-0.2, 0) is 9.53 Å². The number of rotatable bonds is 8. The van der Waals surface area contributed by atoms with E-state index in [2.05, 4.69) is 20.4 Å². The molecule has 3 heteroatoms. The average molecular weight is 228 g/mol. The van der Waals surface area contributed by atoms with Crippen molar-refractivity contribution in [1.82, 2.24) is 0 Å². The minimum absolute atomic E-state index is 0.318. The van der Waals surface area contributed by atoms with Crippen molar-refractivity contribution in [3.05, 3.63) is 12.2 Å². The number of aliphatic hydroxyl groups is 1. The minimum atomic E-state index is -0.992. The Morgan fingerprint density at radius 1 is 1.38 bits per heavy atom. The third-order valence-corrected chi connectivity index (χ3v) is 2.55. The quantitative estimate of drug-likeness (QED) is 0.394. The summed E-state index contributed by atoms with van der Waals surface area (Å²) in [5.74, 6) is 0.0480. The summed E-state index contributed by atoms with van der Waals surface area (Å²) in [5.41, 5.74) is 0.318. The van der Waals surface area contributed by atoms with Crippen molar-refractivity contribution in [2.45, 2.75) is 59.2 Å². The molecule has 0 saturated heterocycles. The highest BCUT2D eigenvalue weighted by Crippen LogP contribution is 2.15. The van der Waals surface area contributed by atoms with Crippen LogP contribution in [0, 0.1) is 5.92 Å². The van der Waals surface area contributed by atoms with Crippen LogP contribution < -0.4 is 0 Å². The number of esters is 1. The van der Waals surface area contributed by atoms with E-state index in [0.717, 1.165) is 12.8 Å². The van der Waals surface area contributed by atoms with Gasteiger partial charge in [-0.25, -0.2) is 4.79 Å². The molecule has 0 aromatic carbocycles. The lowest BCUT2D eigenvalue weighted by Crippen LogP contribution is -2.18. The summed E-state index contributed by atoms with van der Waals surface area (Å²) < 4.78 is 4.78. The molecule has 0 bridgehead atoms.